The zero-order valence-electron chi connectivity index (χ0n) is 7.12. The smallest absolute Gasteiger partial charge is 0.264 e. The summed E-state index contributed by atoms with van der Waals surface area (Å²) in [6.07, 6.45) is 0. The normalized spacial score (nSPS) is 7.73. The maximum Gasteiger partial charge on any atom is 0.394 e. The van der Waals surface area contributed by atoms with Crippen LogP contribution >= 0.6 is 0 Å². The summed E-state index contributed by atoms with van der Waals surface area (Å²) in [7, 11) is -9.33. The van der Waals surface area contributed by atoms with Crippen molar-refractivity contribution in [1.29, 1.82) is 0 Å². The first-order valence-corrected chi connectivity index (χ1v) is 4.19. The third kappa shape index (κ3) is 509. The van der Waals surface area contributed by atoms with Gasteiger partial charge in [0.2, 0.25) is 0 Å². The first-order valence-electron chi connectivity index (χ1n) is 1.40. The molecule has 15 heavy (non-hydrogen) atoms. The van der Waals surface area contributed by atoms with E-state index in [2.05, 4.69) is 0 Å². The molecular formula is H4Mn2O8S2Zn3. The summed E-state index contributed by atoms with van der Waals surface area (Å²) in [6.45, 7) is 0. The fourth-order valence-corrected chi connectivity index (χ4v) is 0. The Morgan fingerprint density at radius 3 is 0.533 bits per heavy atom. The van der Waals surface area contributed by atoms with Crippen molar-refractivity contribution in [2.75, 3.05) is 0 Å². The minimum atomic E-state index is -4.67. The summed E-state index contributed by atoms with van der Waals surface area (Å²) in [4.78, 5) is 0. The van der Waals surface area contributed by atoms with Crippen molar-refractivity contribution < 1.29 is 128 Å². The van der Waals surface area contributed by atoms with Gasteiger partial charge in [-0.1, -0.05) is 0 Å². The van der Waals surface area contributed by atoms with Crippen molar-refractivity contribution in [3.05, 3.63) is 0 Å². The second-order valence-corrected chi connectivity index (χ2v) is 2.69. The van der Waals surface area contributed by atoms with Crippen LogP contribution in [-0.2, 0) is 113 Å². The van der Waals surface area contributed by atoms with Gasteiger partial charge in [0.25, 0.3) is 0 Å². The average molecular weight is 502 g/mol. The molecule has 8 nitrogen and oxygen atoms in total. The van der Waals surface area contributed by atoms with Gasteiger partial charge >= 0.3 is 20.8 Å². The Morgan fingerprint density at radius 2 is 0.533 bits per heavy atom. The van der Waals surface area contributed by atoms with E-state index in [-0.39, 0.29) is 92.6 Å². The van der Waals surface area contributed by atoms with Gasteiger partial charge in [-0.05, 0) is 0 Å². The summed E-state index contributed by atoms with van der Waals surface area (Å²) in [5.41, 5.74) is 0. The van der Waals surface area contributed by atoms with Crippen LogP contribution in [0.2, 0.25) is 0 Å². The molecular weight excluding hydrogens is 498 g/mol. The van der Waals surface area contributed by atoms with E-state index in [1.54, 1.807) is 0 Å². The van der Waals surface area contributed by atoms with Gasteiger partial charge in [0.15, 0.2) is 0 Å². The second kappa shape index (κ2) is 19.0. The predicted molar refractivity (Wildman–Crippen MR) is 28.4 cm³/mol. The van der Waals surface area contributed by atoms with E-state index < -0.39 is 20.8 Å². The fourth-order valence-electron chi connectivity index (χ4n) is 0. The van der Waals surface area contributed by atoms with Crippen LogP contribution in [0.4, 0.5) is 0 Å². The molecule has 84 valence electrons. The molecule has 4 N–H and O–H groups in total. The molecule has 0 aromatic heterocycles. The van der Waals surface area contributed by atoms with E-state index >= 15 is 0 Å². The maximum absolute atomic E-state index is 8.74. The molecule has 0 saturated heterocycles. The topological polar surface area (TPSA) is 149 Å². The molecule has 0 spiro atoms. The van der Waals surface area contributed by atoms with Crippen molar-refractivity contribution in [1.82, 2.24) is 0 Å². The number of hydrogen-bond acceptors (Lipinski definition) is 4. The summed E-state index contributed by atoms with van der Waals surface area (Å²) in [5.74, 6) is 0. The van der Waals surface area contributed by atoms with Crippen LogP contribution in [0, 0.1) is 0 Å². The summed E-state index contributed by atoms with van der Waals surface area (Å²) in [6, 6.07) is 0. The summed E-state index contributed by atoms with van der Waals surface area (Å²) < 4.78 is 63.2. The van der Waals surface area contributed by atoms with Crippen LogP contribution in [0.5, 0.6) is 0 Å². The Hall–Kier alpha value is 2.65. The van der Waals surface area contributed by atoms with Crippen LogP contribution in [0.1, 0.15) is 0 Å². The van der Waals surface area contributed by atoms with E-state index in [0.717, 1.165) is 0 Å². The molecule has 15 heteroatoms. The van der Waals surface area contributed by atoms with Crippen molar-refractivity contribution in [2.45, 2.75) is 0 Å². The third-order valence-electron chi connectivity index (χ3n) is 0. The molecule has 0 heterocycles. The van der Waals surface area contributed by atoms with Gasteiger partial charge in [-0.15, -0.1) is 0 Å². The predicted octanol–water partition coefficient (Wildman–Crippen LogP) is -1.32. The molecule has 0 fully saturated rings. The zero-order chi connectivity index (χ0) is 9.00. The average Bonchev–Trinajstić information content (AvgIpc) is 1.12. The van der Waals surface area contributed by atoms with Gasteiger partial charge in [0.1, 0.15) is 0 Å². The molecule has 0 amide bonds. The summed E-state index contributed by atoms with van der Waals surface area (Å²) >= 11 is 0. The maximum atomic E-state index is 8.74. The van der Waals surface area contributed by atoms with Crippen molar-refractivity contribution in [3.63, 3.8) is 0 Å². The molecule has 0 unspecified atom stereocenters. The molecule has 0 aromatic rings. The van der Waals surface area contributed by atoms with Crippen molar-refractivity contribution >= 4 is 20.8 Å². The minimum Gasteiger partial charge on any atom is -0.264 e. The second-order valence-electron chi connectivity index (χ2n) is 0.896. The number of rotatable bonds is 0. The molecule has 2 radical (unpaired) electrons. The van der Waals surface area contributed by atoms with Crippen LogP contribution in [0.3, 0.4) is 0 Å². The summed E-state index contributed by atoms with van der Waals surface area (Å²) in [5, 5.41) is 0. The number of hydrogen-bond donors (Lipinski definition) is 4. The molecule has 0 aromatic carbocycles. The van der Waals surface area contributed by atoms with Gasteiger partial charge < -0.3 is 0 Å². The zero-order valence-corrected chi connectivity index (χ0v) is 20.0. The van der Waals surface area contributed by atoms with Crippen molar-refractivity contribution in [2.24, 2.45) is 0 Å². The van der Waals surface area contributed by atoms with Gasteiger partial charge in [0, 0.05) is 92.6 Å². The third-order valence-corrected chi connectivity index (χ3v) is 0. The van der Waals surface area contributed by atoms with E-state index in [4.69, 9.17) is 35.0 Å². The quantitative estimate of drug-likeness (QED) is 0.236. The largest absolute Gasteiger partial charge is 0.394 e. The van der Waals surface area contributed by atoms with E-state index in [0.29, 0.717) is 0 Å². The monoisotopic (exact) mass is 498 g/mol. The van der Waals surface area contributed by atoms with E-state index in [1.165, 1.54) is 0 Å². The Balaban J connectivity index is -0.0000000128. The standard InChI is InChI=1S/2Mn.2H2O4S.3Zn/c;;2*1-5(2,3)4;;;/h;;2*(H2,1,2,3,4);;;. The first kappa shape index (κ1) is 43.1. The fraction of sp³-hybridized carbons (Fsp3) is 0. The van der Waals surface area contributed by atoms with Crippen LogP contribution in [-0.4, -0.2) is 35.0 Å². The first-order chi connectivity index (χ1) is 4.00. The van der Waals surface area contributed by atoms with E-state index in [1.807, 2.05) is 0 Å². The SMILES string of the molecule is O=S(=O)(O)O.O=S(=O)(O)O.[Mn].[Mn].[Zn].[Zn].[Zn]. The van der Waals surface area contributed by atoms with Gasteiger partial charge in [0.05, 0.1) is 0 Å². The molecule has 0 bridgehead atoms. The Bertz CT molecular complexity index is 222. The van der Waals surface area contributed by atoms with E-state index in [9.17, 15) is 0 Å². The molecule has 0 aliphatic rings. The minimum absolute atomic E-state index is 0. The van der Waals surface area contributed by atoms with Gasteiger partial charge in [-0.25, -0.2) is 0 Å². The van der Waals surface area contributed by atoms with Gasteiger partial charge in [-0.3, -0.25) is 18.2 Å². The molecule has 0 atom stereocenters. The Labute approximate surface area is 146 Å². The molecule has 0 aliphatic carbocycles. The molecule has 0 rings (SSSR count). The van der Waals surface area contributed by atoms with Gasteiger partial charge in [-0.2, -0.15) is 16.8 Å². The molecule has 0 aliphatic heterocycles. The van der Waals surface area contributed by atoms with Crippen LogP contribution in [0.15, 0.2) is 0 Å². The Kier molecular flexibility index (Phi) is 54.6. The Morgan fingerprint density at radius 1 is 0.533 bits per heavy atom. The van der Waals surface area contributed by atoms with Crippen LogP contribution in [0.25, 0.3) is 0 Å². The van der Waals surface area contributed by atoms with Crippen molar-refractivity contribution in [3.8, 4) is 0 Å². The van der Waals surface area contributed by atoms with Crippen LogP contribution < -0.4 is 0 Å². The molecule has 0 saturated carbocycles.